The van der Waals surface area contributed by atoms with Crippen LogP contribution in [0.5, 0.6) is 0 Å². The van der Waals surface area contributed by atoms with Crippen LogP contribution in [0.2, 0.25) is 0 Å². The van der Waals surface area contributed by atoms with Crippen molar-refractivity contribution in [1.29, 1.82) is 0 Å². The monoisotopic (exact) mass is 199 g/mol. The minimum absolute atomic E-state index is 0.0643. The topological polar surface area (TPSA) is 37.4 Å². The molecule has 0 radical (unpaired) electrons. The van der Waals surface area contributed by atoms with Gasteiger partial charge in [-0.05, 0) is 6.42 Å². The molecule has 0 N–H and O–H groups in total. The quantitative estimate of drug-likeness (QED) is 0.695. The molecule has 3 heteroatoms. The molecule has 0 unspecified atom stereocenters. The minimum Gasteiger partial charge on any atom is -0.282 e. The van der Waals surface area contributed by atoms with E-state index in [0.29, 0.717) is 6.54 Å². The average Bonchev–Trinajstić information content (AvgIpc) is 2.11. The van der Waals surface area contributed by atoms with Gasteiger partial charge in [0, 0.05) is 18.4 Å². The zero-order valence-corrected chi connectivity index (χ0v) is 9.83. The largest absolute Gasteiger partial charge is 0.282 e. The second kappa shape index (κ2) is 5.78. The molecule has 0 rings (SSSR count). The van der Waals surface area contributed by atoms with Gasteiger partial charge in [0.25, 0.3) is 0 Å². The number of carbonyl (C=O) groups excluding carboxylic acids is 2. The highest BCUT2D eigenvalue weighted by atomic mass is 16.2. The molecule has 0 saturated carbocycles. The molecule has 0 atom stereocenters. The molecule has 0 fully saturated rings. The molecule has 0 aliphatic carbocycles. The van der Waals surface area contributed by atoms with E-state index in [2.05, 4.69) is 0 Å². The lowest BCUT2D eigenvalue weighted by atomic mass is 10.1. The van der Waals surface area contributed by atoms with Gasteiger partial charge in [-0.25, -0.2) is 0 Å². The second-order valence-corrected chi connectivity index (χ2v) is 4.14. The van der Waals surface area contributed by atoms with Crippen LogP contribution in [-0.2, 0) is 9.59 Å². The molecular formula is C11H21NO2. The van der Waals surface area contributed by atoms with Gasteiger partial charge < -0.3 is 0 Å². The van der Waals surface area contributed by atoms with Gasteiger partial charge in [0.15, 0.2) is 0 Å². The Bertz CT molecular complexity index is 189. The van der Waals surface area contributed by atoms with Gasteiger partial charge in [0.05, 0.1) is 0 Å². The van der Waals surface area contributed by atoms with Crippen molar-refractivity contribution in [2.45, 2.75) is 41.0 Å². The van der Waals surface area contributed by atoms with Crippen molar-refractivity contribution in [3.05, 3.63) is 0 Å². The van der Waals surface area contributed by atoms with E-state index >= 15 is 0 Å². The van der Waals surface area contributed by atoms with Crippen LogP contribution < -0.4 is 0 Å². The van der Waals surface area contributed by atoms with E-state index in [1.54, 1.807) is 0 Å². The summed E-state index contributed by atoms with van der Waals surface area (Å²) in [5.74, 6) is -0.343. The number of nitrogens with zero attached hydrogens (tertiary/aromatic N) is 1. The zero-order chi connectivity index (χ0) is 11.3. The second-order valence-electron chi connectivity index (χ2n) is 4.14. The van der Waals surface area contributed by atoms with Gasteiger partial charge in [-0.2, -0.15) is 0 Å². The fourth-order valence-corrected chi connectivity index (χ4v) is 1.18. The number of imide groups is 1. The van der Waals surface area contributed by atoms with Crippen LogP contribution in [0.25, 0.3) is 0 Å². The molecule has 0 aromatic carbocycles. The number of rotatable bonds is 4. The van der Waals surface area contributed by atoms with Crippen LogP contribution in [0.4, 0.5) is 0 Å². The first-order valence-corrected chi connectivity index (χ1v) is 5.27. The Kier molecular flexibility index (Phi) is 5.43. The Balaban J connectivity index is 4.59. The highest BCUT2D eigenvalue weighted by Gasteiger charge is 2.24. The summed E-state index contributed by atoms with van der Waals surface area (Å²) in [6.45, 7) is 9.77. The fraction of sp³-hybridized carbons (Fsp3) is 0.818. The molecule has 2 amide bonds. The van der Waals surface area contributed by atoms with Crippen LogP contribution >= 0.6 is 0 Å². The normalized spacial score (nSPS) is 10.8. The Hall–Kier alpha value is -0.860. The number of amides is 2. The summed E-state index contributed by atoms with van der Waals surface area (Å²) in [6.07, 6.45) is 0.816. The van der Waals surface area contributed by atoms with Crippen molar-refractivity contribution in [3.8, 4) is 0 Å². The molecule has 0 heterocycles. The van der Waals surface area contributed by atoms with Gasteiger partial charge in [-0.15, -0.1) is 0 Å². The molecule has 3 nitrogen and oxygen atoms in total. The summed E-state index contributed by atoms with van der Waals surface area (Å²) in [7, 11) is 0. The summed E-state index contributed by atoms with van der Waals surface area (Å²) in [5.41, 5.74) is 0. The Morgan fingerprint density at radius 2 is 1.36 bits per heavy atom. The number of hydrogen-bond donors (Lipinski definition) is 0. The van der Waals surface area contributed by atoms with Crippen molar-refractivity contribution in [2.75, 3.05) is 6.54 Å². The van der Waals surface area contributed by atoms with Gasteiger partial charge in [-0.3, -0.25) is 14.5 Å². The molecule has 0 aromatic rings. The summed E-state index contributed by atoms with van der Waals surface area (Å²) >= 11 is 0. The van der Waals surface area contributed by atoms with Crippen LogP contribution in [-0.4, -0.2) is 23.3 Å². The molecule has 0 aliphatic heterocycles. The lowest BCUT2D eigenvalue weighted by Gasteiger charge is -2.23. The minimum atomic E-state index is -0.107. The molecule has 82 valence electrons. The van der Waals surface area contributed by atoms with Gasteiger partial charge in [-0.1, -0.05) is 34.6 Å². The summed E-state index contributed by atoms with van der Waals surface area (Å²) in [5, 5.41) is 0. The maximum atomic E-state index is 11.7. The van der Waals surface area contributed by atoms with Crippen molar-refractivity contribution in [2.24, 2.45) is 11.8 Å². The van der Waals surface area contributed by atoms with Crippen LogP contribution in [0, 0.1) is 11.8 Å². The van der Waals surface area contributed by atoms with E-state index in [9.17, 15) is 9.59 Å². The lowest BCUT2D eigenvalue weighted by molar-refractivity contribution is -0.148. The number of carbonyl (C=O) groups is 2. The van der Waals surface area contributed by atoms with Gasteiger partial charge in [0.1, 0.15) is 0 Å². The Morgan fingerprint density at radius 1 is 1.00 bits per heavy atom. The standard InChI is InChI=1S/C11H21NO2/c1-6-7-12(10(13)8(2)3)11(14)9(4)5/h8-9H,6-7H2,1-5H3. The predicted molar refractivity (Wildman–Crippen MR) is 56.7 cm³/mol. The van der Waals surface area contributed by atoms with Crippen LogP contribution in [0.15, 0.2) is 0 Å². The maximum absolute atomic E-state index is 11.7. The summed E-state index contributed by atoms with van der Waals surface area (Å²) < 4.78 is 0. The van der Waals surface area contributed by atoms with E-state index < -0.39 is 0 Å². The molecule has 14 heavy (non-hydrogen) atoms. The zero-order valence-electron chi connectivity index (χ0n) is 9.83. The lowest BCUT2D eigenvalue weighted by Crippen LogP contribution is -2.42. The van der Waals surface area contributed by atoms with Crippen LogP contribution in [0.1, 0.15) is 41.0 Å². The molecule has 0 aromatic heterocycles. The molecule has 0 spiro atoms. The molecule has 0 aliphatic rings. The first-order valence-electron chi connectivity index (χ1n) is 5.27. The third-order valence-electron chi connectivity index (χ3n) is 1.97. The summed E-state index contributed by atoms with van der Waals surface area (Å²) in [6, 6.07) is 0. The average molecular weight is 199 g/mol. The van der Waals surface area contributed by atoms with Crippen LogP contribution in [0.3, 0.4) is 0 Å². The predicted octanol–water partition coefficient (Wildman–Crippen LogP) is 2.06. The van der Waals surface area contributed by atoms with Crippen molar-refractivity contribution < 1.29 is 9.59 Å². The van der Waals surface area contributed by atoms with E-state index in [4.69, 9.17) is 0 Å². The highest BCUT2D eigenvalue weighted by molar-refractivity contribution is 5.96. The van der Waals surface area contributed by atoms with Gasteiger partial charge in [0.2, 0.25) is 11.8 Å². The third-order valence-corrected chi connectivity index (χ3v) is 1.97. The number of hydrogen-bond acceptors (Lipinski definition) is 2. The molecule has 0 bridgehead atoms. The smallest absolute Gasteiger partial charge is 0.231 e. The maximum Gasteiger partial charge on any atom is 0.231 e. The van der Waals surface area contributed by atoms with Crippen molar-refractivity contribution in [1.82, 2.24) is 4.90 Å². The van der Waals surface area contributed by atoms with Crippen molar-refractivity contribution in [3.63, 3.8) is 0 Å². The summed E-state index contributed by atoms with van der Waals surface area (Å²) in [4.78, 5) is 24.8. The first kappa shape index (κ1) is 13.1. The third kappa shape index (κ3) is 3.48. The van der Waals surface area contributed by atoms with E-state index in [-0.39, 0.29) is 23.7 Å². The Morgan fingerprint density at radius 3 is 1.57 bits per heavy atom. The van der Waals surface area contributed by atoms with Gasteiger partial charge >= 0.3 is 0 Å². The van der Waals surface area contributed by atoms with Crippen molar-refractivity contribution >= 4 is 11.8 Å². The first-order chi connectivity index (χ1) is 6.41. The van der Waals surface area contributed by atoms with E-state index in [1.165, 1.54) is 4.90 Å². The fourth-order valence-electron chi connectivity index (χ4n) is 1.18. The molecule has 0 saturated heterocycles. The molecular weight excluding hydrogens is 178 g/mol. The van der Waals surface area contributed by atoms with E-state index in [1.807, 2.05) is 34.6 Å². The van der Waals surface area contributed by atoms with E-state index in [0.717, 1.165) is 6.42 Å². The highest BCUT2D eigenvalue weighted by Crippen LogP contribution is 2.08. The Labute approximate surface area is 86.5 Å². The SMILES string of the molecule is CCCN(C(=O)C(C)C)C(=O)C(C)C.